The molecule has 0 saturated heterocycles. The first-order valence-corrected chi connectivity index (χ1v) is 20.0. The largest absolute Gasteiger partial charge is 0.444 e. The fourth-order valence-electron chi connectivity index (χ4n) is 7.10. The molecule has 5 aromatic rings. The lowest BCUT2D eigenvalue weighted by atomic mass is 9.81. The van der Waals surface area contributed by atoms with E-state index in [4.69, 9.17) is 15.2 Å². The zero-order valence-corrected chi connectivity index (χ0v) is 34.5. The molecule has 5 N–H and O–H groups in total. The van der Waals surface area contributed by atoms with E-state index in [2.05, 4.69) is 36.2 Å². The van der Waals surface area contributed by atoms with Crippen LogP contribution in [-0.4, -0.2) is 84.5 Å². The van der Waals surface area contributed by atoms with Crippen LogP contribution in [0, 0.1) is 11.8 Å². The van der Waals surface area contributed by atoms with Crippen LogP contribution in [0.5, 0.6) is 0 Å². The number of ether oxygens (including phenoxy) is 2. The molecule has 2 aromatic heterocycles. The summed E-state index contributed by atoms with van der Waals surface area (Å²) in [7, 11) is 0. The third kappa shape index (κ3) is 11.5. The second-order valence-electron chi connectivity index (χ2n) is 17.0. The Morgan fingerprint density at radius 3 is 2.10 bits per heavy atom. The summed E-state index contributed by atoms with van der Waals surface area (Å²) in [4.78, 5) is 58.5. The second-order valence-corrected chi connectivity index (χ2v) is 17.0. The van der Waals surface area contributed by atoms with Gasteiger partial charge in [0.1, 0.15) is 11.2 Å². The highest BCUT2D eigenvalue weighted by atomic mass is 16.6. The number of nitrogens with two attached hydrogens (primary N) is 1. The van der Waals surface area contributed by atoms with E-state index in [0.29, 0.717) is 62.4 Å². The van der Waals surface area contributed by atoms with Crippen molar-refractivity contribution in [2.45, 2.75) is 97.4 Å². The number of aromatic nitrogens is 6. The first-order valence-electron chi connectivity index (χ1n) is 20.0. The molecule has 0 bridgehead atoms. The van der Waals surface area contributed by atoms with Crippen LogP contribution in [0.4, 0.5) is 15.3 Å². The number of aromatic amines is 1. The van der Waals surface area contributed by atoms with Gasteiger partial charge in [-0.1, -0.05) is 30.3 Å². The Morgan fingerprint density at radius 2 is 1.47 bits per heavy atom. The lowest BCUT2D eigenvalue weighted by molar-refractivity contribution is -0.130. The lowest BCUT2D eigenvalue weighted by Gasteiger charge is -2.32. The maximum absolute atomic E-state index is 14.3. The molecular weight excluding hydrogens is 753 g/mol. The first kappa shape index (κ1) is 42.4. The Kier molecular flexibility index (Phi) is 13.1. The van der Waals surface area contributed by atoms with E-state index in [1.54, 1.807) is 30.6 Å². The number of nitrogens with one attached hydrogen (secondary N) is 3. The summed E-state index contributed by atoms with van der Waals surface area (Å²) >= 11 is 0. The van der Waals surface area contributed by atoms with Gasteiger partial charge < -0.3 is 30.4 Å². The van der Waals surface area contributed by atoms with E-state index in [0.717, 1.165) is 27.7 Å². The molecule has 0 radical (unpaired) electrons. The van der Waals surface area contributed by atoms with Gasteiger partial charge in [0, 0.05) is 31.1 Å². The monoisotopic (exact) mass is 806 g/mol. The molecule has 59 heavy (non-hydrogen) atoms. The summed E-state index contributed by atoms with van der Waals surface area (Å²) in [6.07, 6.45) is 3.61. The number of benzene rings is 3. The molecule has 16 heteroatoms. The fraction of sp³-hybridized carbons (Fsp3) is 0.442. The van der Waals surface area contributed by atoms with E-state index < -0.39 is 41.3 Å². The predicted molar refractivity (Wildman–Crippen MR) is 223 cm³/mol. The third-order valence-electron chi connectivity index (χ3n) is 10.0. The van der Waals surface area contributed by atoms with Crippen LogP contribution in [0.25, 0.3) is 33.5 Å². The van der Waals surface area contributed by atoms with Gasteiger partial charge in [-0.15, -0.1) is 10.2 Å². The number of anilines is 1. The number of hydrogen-bond donors (Lipinski definition) is 4. The van der Waals surface area contributed by atoms with Crippen LogP contribution in [-0.2, 0) is 32.0 Å². The van der Waals surface area contributed by atoms with Crippen LogP contribution in [0.3, 0.4) is 0 Å². The predicted octanol–water partition coefficient (Wildman–Crippen LogP) is 6.17. The summed E-state index contributed by atoms with van der Waals surface area (Å²) in [5.74, 6) is -0.614. The number of imide groups is 1. The smallest absolute Gasteiger partial charge is 0.407 e. The summed E-state index contributed by atoms with van der Waals surface area (Å²) < 4.78 is 12.7. The minimum absolute atomic E-state index is 0.189. The average Bonchev–Trinajstić information content (AvgIpc) is 3.87. The molecule has 6 rings (SSSR count). The van der Waals surface area contributed by atoms with Crippen LogP contribution < -0.4 is 21.3 Å². The maximum atomic E-state index is 14.3. The average molecular weight is 807 g/mol. The van der Waals surface area contributed by atoms with Gasteiger partial charge in [0.2, 0.25) is 11.7 Å². The number of tetrazole rings is 1. The minimum Gasteiger partial charge on any atom is -0.444 e. The molecule has 1 saturated carbocycles. The van der Waals surface area contributed by atoms with Crippen molar-refractivity contribution >= 4 is 40.7 Å². The molecule has 1 aliphatic rings. The molecule has 0 spiro atoms. The van der Waals surface area contributed by atoms with Crippen molar-refractivity contribution < 1.29 is 28.7 Å². The first-order chi connectivity index (χ1) is 28.0. The van der Waals surface area contributed by atoms with Crippen LogP contribution in [0.15, 0.2) is 73.1 Å². The van der Waals surface area contributed by atoms with Gasteiger partial charge in [-0.25, -0.2) is 19.5 Å². The van der Waals surface area contributed by atoms with Crippen molar-refractivity contribution in [1.29, 1.82) is 0 Å². The molecule has 4 amide bonds. The van der Waals surface area contributed by atoms with Crippen molar-refractivity contribution in [1.82, 2.24) is 40.8 Å². The quantitative estimate of drug-likeness (QED) is 0.112. The number of hydrogen-bond acceptors (Lipinski definition) is 11. The van der Waals surface area contributed by atoms with Gasteiger partial charge in [0.05, 0.1) is 29.1 Å². The molecule has 16 nitrogen and oxygen atoms in total. The minimum atomic E-state index is -0.999. The highest BCUT2D eigenvalue weighted by Crippen LogP contribution is 2.32. The third-order valence-corrected chi connectivity index (χ3v) is 10.0. The fourth-order valence-corrected chi connectivity index (χ4v) is 7.10. The van der Waals surface area contributed by atoms with Gasteiger partial charge in [-0.3, -0.25) is 9.59 Å². The molecule has 312 valence electrons. The number of carbonyl (C=O) groups excluding carboxylic acids is 4. The molecule has 3 aromatic carbocycles. The number of fused-ring (bicyclic) bond motifs is 1. The van der Waals surface area contributed by atoms with Crippen molar-refractivity contribution in [3.8, 4) is 22.5 Å². The van der Waals surface area contributed by atoms with Gasteiger partial charge in [-0.05, 0) is 138 Å². The van der Waals surface area contributed by atoms with E-state index in [1.807, 2.05) is 88.6 Å². The highest BCUT2D eigenvalue weighted by molar-refractivity contribution is 6.17. The molecule has 2 heterocycles. The Morgan fingerprint density at radius 1 is 0.847 bits per heavy atom. The van der Waals surface area contributed by atoms with E-state index in [9.17, 15) is 19.2 Å². The van der Waals surface area contributed by atoms with Crippen molar-refractivity contribution in [2.75, 3.05) is 18.0 Å². The Bertz CT molecular complexity index is 2220. The normalized spacial score (nSPS) is 16.3. The number of H-pyrrole nitrogens is 1. The molecule has 1 atom stereocenters. The zero-order valence-electron chi connectivity index (χ0n) is 34.5. The van der Waals surface area contributed by atoms with Gasteiger partial charge in [0.15, 0.2) is 0 Å². The number of nitrogens with zero attached hydrogens (tertiary/aromatic N) is 6. The van der Waals surface area contributed by atoms with Crippen LogP contribution in [0.1, 0.15) is 72.8 Å². The van der Waals surface area contributed by atoms with Crippen molar-refractivity contribution in [3.05, 3.63) is 78.6 Å². The number of amides is 4. The summed E-state index contributed by atoms with van der Waals surface area (Å²) in [5.41, 5.74) is 11.1. The van der Waals surface area contributed by atoms with E-state index in [1.165, 1.54) is 4.90 Å². The lowest BCUT2D eigenvalue weighted by Crippen LogP contribution is -2.50. The number of rotatable bonds is 12. The van der Waals surface area contributed by atoms with E-state index in [-0.39, 0.29) is 18.2 Å². The van der Waals surface area contributed by atoms with Crippen molar-refractivity contribution in [3.63, 3.8) is 0 Å². The summed E-state index contributed by atoms with van der Waals surface area (Å²) in [5, 5.41) is 19.7. The number of alkyl carbamates (subject to hydrolysis) is 2. The van der Waals surface area contributed by atoms with E-state index >= 15 is 0 Å². The van der Waals surface area contributed by atoms with Crippen LogP contribution >= 0.6 is 0 Å². The highest BCUT2D eigenvalue weighted by Gasteiger charge is 2.35. The number of imidazole rings is 1. The second kappa shape index (κ2) is 18.2. The molecular formula is C43H54N10O6. The molecule has 1 aliphatic carbocycles. The van der Waals surface area contributed by atoms with Gasteiger partial charge >= 0.3 is 12.2 Å². The number of carbonyl (C=O) groups is 4. The Hall–Kier alpha value is -6.16. The summed E-state index contributed by atoms with van der Waals surface area (Å²) in [6, 6.07) is 19.7. The topological polar surface area (TPSA) is 212 Å². The molecule has 1 fully saturated rings. The van der Waals surface area contributed by atoms with Gasteiger partial charge in [-0.2, -0.15) is 5.21 Å². The maximum Gasteiger partial charge on any atom is 0.407 e. The molecule has 0 unspecified atom stereocenters. The Labute approximate surface area is 343 Å². The SMILES string of the molecule is CC(C)(C)OC(=O)NCCn1cnc2cc(-c3ccc(C[C@H](N)C(=O)N(C(=O)C4CCC(CNC(=O)OC(C)(C)C)CC4)c4ccc(-c5nn[nH]n5)cc4)cc3)ccc21. The van der Waals surface area contributed by atoms with Crippen LogP contribution in [0.2, 0.25) is 0 Å². The summed E-state index contributed by atoms with van der Waals surface area (Å²) in [6.45, 7) is 12.3. The molecule has 0 aliphatic heterocycles. The van der Waals surface area contributed by atoms with Gasteiger partial charge in [0.25, 0.3) is 5.91 Å². The standard InChI is InChI=1S/C43H54N10O6/c1-42(2,3)58-40(56)45-21-22-52-26-47-35-24-32(17-20-36(35)52)29-11-7-27(8-12-29)23-34(44)39(55)53(33-18-15-30(16-19-33)37-48-50-51-49-37)38(54)31-13-9-28(10-14-31)25-46-41(57)59-43(4,5)6/h7-8,11-12,15-20,24,26,28,31,34H,9-10,13-14,21-23,25,44H2,1-6H3,(H,45,56)(H,46,57)(H,48,49,50,51)/t28?,31?,34-/m0/s1. The van der Waals surface area contributed by atoms with Crippen molar-refractivity contribution in [2.24, 2.45) is 17.6 Å². The Balaban J connectivity index is 1.10. The zero-order chi connectivity index (χ0) is 42.3.